The Hall–Kier alpha value is -1.49. The molecule has 0 spiro atoms. The van der Waals surface area contributed by atoms with Crippen LogP contribution in [0.15, 0.2) is 35.1 Å². The van der Waals surface area contributed by atoms with Gasteiger partial charge < -0.3 is 14.6 Å². The first-order valence-corrected chi connectivity index (χ1v) is 8.20. The van der Waals surface area contributed by atoms with Crippen LogP contribution in [-0.4, -0.2) is 16.7 Å². The number of ether oxygens (including phenoxy) is 1. The third-order valence-electron chi connectivity index (χ3n) is 4.04. The molecule has 0 atom stereocenters. The number of anilines is 2. The molecule has 2 aromatic rings. The van der Waals surface area contributed by atoms with Crippen LogP contribution in [0, 0.1) is 0 Å². The van der Waals surface area contributed by atoms with E-state index in [0.29, 0.717) is 6.04 Å². The highest BCUT2D eigenvalue weighted by atomic mass is 79.9. The van der Waals surface area contributed by atoms with Gasteiger partial charge in [-0.05, 0) is 40.9 Å². The van der Waals surface area contributed by atoms with Crippen LogP contribution in [0.4, 0.5) is 11.6 Å². The summed E-state index contributed by atoms with van der Waals surface area (Å²) in [6.45, 7) is 0. The van der Waals surface area contributed by atoms with Gasteiger partial charge in [-0.15, -0.1) is 0 Å². The number of nitrogens with zero attached hydrogens (tertiary/aromatic N) is 2. The molecule has 0 amide bonds. The Bertz CT molecular complexity index is 605. The van der Waals surface area contributed by atoms with Crippen LogP contribution in [0.2, 0.25) is 0 Å². The summed E-state index contributed by atoms with van der Waals surface area (Å²) < 4.78 is 8.56. The Balaban J connectivity index is 1.80. The van der Waals surface area contributed by atoms with Crippen molar-refractivity contribution in [3.63, 3.8) is 0 Å². The van der Waals surface area contributed by atoms with Crippen molar-refractivity contribution in [3.8, 4) is 5.75 Å². The topological polar surface area (TPSA) is 39.1 Å². The fourth-order valence-electron chi connectivity index (χ4n) is 2.93. The minimum Gasteiger partial charge on any atom is -0.495 e. The summed E-state index contributed by atoms with van der Waals surface area (Å²) in [6, 6.07) is 6.55. The molecule has 1 aromatic heterocycles. The minimum absolute atomic E-state index is 0.570. The molecule has 1 aliphatic carbocycles. The average Bonchev–Trinajstić information content (AvgIpc) is 2.98. The number of hydrogen-bond donors (Lipinski definition) is 1. The number of rotatable bonds is 4. The van der Waals surface area contributed by atoms with E-state index in [1.165, 1.54) is 32.1 Å². The van der Waals surface area contributed by atoms with Gasteiger partial charge in [0.25, 0.3) is 0 Å². The first-order chi connectivity index (χ1) is 10.3. The Labute approximate surface area is 133 Å². The molecule has 5 heteroatoms. The maximum absolute atomic E-state index is 5.34. The van der Waals surface area contributed by atoms with Gasteiger partial charge in [0.05, 0.1) is 11.6 Å². The Morgan fingerprint density at radius 2 is 2.10 bits per heavy atom. The van der Waals surface area contributed by atoms with Crippen molar-refractivity contribution in [2.45, 2.75) is 38.1 Å². The van der Waals surface area contributed by atoms with Crippen molar-refractivity contribution in [3.05, 3.63) is 35.1 Å². The van der Waals surface area contributed by atoms with E-state index in [0.717, 1.165) is 21.9 Å². The van der Waals surface area contributed by atoms with Crippen LogP contribution < -0.4 is 10.1 Å². The molecule has 0 aliphatic heterocycles. The number of hydrogen-bond acceptors (Lipinski definition) is 3. The smallest absolute Gasteiger partial charge is 0.207 e. The molecule has 0 bridgehead atoms. The second kappa shape index (κ2) is 6.52. The minimum atomic E-state index is 0.570. The molecule has 1 saturated carbocycles. The van der Waals surface area contributed by atoms with Crippen molar-refractivity contribution < 1.29 is 4.74 Å². The SMILES string of the molecule is COc1cc(Nc2nccn2C2CCCCC2)ccc1Br. The van der Waals surface area contributed by atoms with E-state index in [1.807, 2.05) is 24.4 Å². The number of nitrogens with one attached hydrogen (secondary N) is 1. The van der Waals surface area contributed by atoms with Crippen LogP contribution in [0.25, 0.3) is 0 Å². The van der Waals surface area contributed by atoms with Gasteiger partial charge in [0, 0.05) is 30.2 Å². The van der Waals surface area contributed by atoms with Crippen molar-refractivity contribution in [1.82, 2.24) is 9.55 Å². The van der Waals surface area contributed by atoms with Crippen LogP contribution in [0.3, 0.4) is 0 Å². The van der Waals surface area contributed by atoms with Gasteiger partial charge >= 0.3 is 0 Å². The number of halogens is 1. The summed E-state index contributed by atoms with van der Waals surface area (Å²) in [6.07, 6.45) is 10.4. The largest absolute Gasteiger partial charge is 0.495 e. The van der Waals surface area contributed by atoms with Crippen LogP contribution in [-0.2, 0) is 0 Å². The normalized spacial score (nSPS) is 15.9. The predicted molar refractivity (Wildman–Crippen MR) is 88.3 cm³/mol. The third kappa shape index (κ3) is 3.23. The van der Waals surface area contributed by atoms with Crippen molar-refractivity contribution in [2.75, 3.05) is 12.4 Å². The van der Waals surface area contributed by atoms with Gasteiger partial charge in [-0.3, -0.25) is 0 Å². The van der Waals surface area contributed by atoms with Crippen LogP contribution in [0.5, 0.6) is 5.75 Å². The summed E-state index contributed by atoms with van der Waals surface area (Å²) in [5, 5.41) is 3.40. The zero-order chi connectivity index (χ0) is 14.7. The summed E-state index contributed by atoms with van der Waals surface area (Å²) in [5.74, 6) is 1.72. The van der Waals surface area contributed by atoms with E-state index in [2.05, 4.69) is 37.0 Å². The van der Waals surface area contributed by atoms with Gasteiger partial charge in [-0.2, -0.15) is 0 Å². The van der Waals surface area contributed by atoms with Crippen LogP contribution in [0.1, 0.15) is 38.1 Å². The maximum Gasteiger partial charge on any atom is 0.207 e. The molecule has 0 unspecified atom stereocenters. The van der Waals surface area contributed by atoms with E-state index in [-0.39, 0.29) is 0 Å². The van der Waals surface area contributed by atoms with E-state index in [1.54, 1.807) is 7.11 Å². The van der Waals surface area contributed by atoms with Crippen molar-refractivity contribution >= 4 is 27.6 Å². The average molecular weight is 350 g/mol. The monoisotopic (exact) mass is 349 g/mol. The quantitative estimate of drug-likeness (QED) is 0.852. The lowest BCUT2D eigenvalue weighted by atomic mass is 9.95. The number of aromatic nitrogens is 2. The maximum atomic E-state index is 5.34. The standard InChI is InChI=1S/C16H20BrN3O/c1-21-15-11-12(7-8-14(15)17)19-16-18-9-10-20(16)13-5-3-2-4-6-13/h7-11,13H,2-6H2,1H3,(H,18,19). The zero-order valence-electron chi connectivity index (χ0n) is 12.2. The molecular weight excluding hydrogens is 330 g/mol. The molecule has 1 fully saturated rings. The molecule has 1 aromatic carbocycles. The Kier molecular flexibility index (Phi) is 4.48. The highest BCUT2D eigenvalue weighted by Crippen LogP contribution is 2.32. The van der Waals surface area contributed by atoms with Crippen molar-refractivity contribution in [2.24, 2.45) is 0 Å². The van der Waals surface area contributed by atoms with E-state index >= 15 is 0 Å². The Morgan fingerprint density at radius 1 is 1.29 bits per heavy atom. The predicted octanol–water partition coefficient (Wildman–Crippen LogP) is 4.90. The third-order valence-corrected chi connectivity index (χ3v) is 4.70. The zero-order valence-corrected chi connectivity index (χ0v) is 13.8. The molecule has 1 aliphatic rings. The van der Waals surface area contributed by atoms with Crippen LogP contribution >= 0.6 is 15.9 Å². The van der Waals surface area contributed by atoms with Crippen molar-refractivity contribution in [1.29, 1.82) is 0 Å². The summed E-state index contributed by atoms with van der Waals surface area (Å²) >= 11 is 3.47. The first kappa shape index (κ1) is 14.4. The molecule has 0 saturated heterocycles. The summed E-state index contributed by atoms with van der Waals surface area (Å²) in [5.41, 5.74) is 0.985. The number of benzene rings is 1. The molecule has 21 heavy (non-hydrogen) atoms. The fourth-order valence-corrected chi connectivity index (χ4v) is 3.34. The molecule has 112 valence electrons. The summed E-state index contributed by atoms with van der Waals surface area (Å²) in [4.78, 5) is 4.46. The number of imidazole rings is 1. The molecule has 0 radical (unpaired) electrons. The van der Waals surface area contributed by atoms with E-state index in [4.69, 9.17) is 4.74 Å². The highest BCUT2D eigenvalue weighted by molar-refractivity contribution is 9.10. The molecule has 1 heterocycles. The molecule has 1 N–H and O–H groups in total. The second-order valence-corrected chi connectivity index (χ2v) is 6.28. The van der Waals surface area contributed by atoms with Gasteiger partial charge in [-0.1, -0.05) is 19.3 Å². The highest BCUT2D eigenvalue weighted by Gasteiger charge is 2.17. The second-order valence-electron chi connectivity index (χ2n) is 5.42. The lowest BCUT2D eigenvalue weighted by molar-refractivity contribution is 0.356. The first-order valence-electron chi connectivity index (χ1n) is 7.41. The van der Waals surface area contributed by atoms with Gasteiger partial charge in [-0.25, -0.2) is 4.98 Å². The lowest BCUT2D eigenvalue weighted by Gasteiger charge is -2.24. The van der Waals surface area contributed by atoms with Gasteiger partial charge in [0.2, 0.25) is 5.95 Å². The Morgan fingerprint density at radius 3 is 2.86 bits per heavy atom. The van der Waals surface area contributed by atoms with E-state index in [9.17, 15) is 0 Å². The molecule has 4 nitrogen and oxygen atoms in total. The lowest BCUT2D eigenvalue weighted by Crippen LogP contribution is -2.14. The number of methoxy groups -OCH3 is 1. The summed E-state index contributed by atoms with van der Waals surface area (Å²) in [7, 11) is 1.67. The fraction of sp³-hybridized carbons (Fsp3) is 0.438. The van der Waals surface area contributed by atoms with E-state index < -0.39 is 0 Å². The molecule has 3 rings (SSSR count). The molecular formula is C16H20BrN3O. The van der Waals surface area contributed by atoms with Gasteiger partial charge in [0.15, 0.2) is 0 Å². The van der Waals surface area contributed by atoms with Gasteiger partial charge in [0.1, 0.15) is 5.75 Å².